The first-order chi connectivity index (χ1) is 8.10. The molecule has 1 rings (SSSR count). The Morgan fingerprint density at radius 2 is 2.12 bits per heavy atom. The van der Waals surface area contributed by atoms with E-state index in [1.165, 1.54) is 5.56 Å². The zero-order valence-corrected chi connectivity index (χ0v) is 11.0. The first kappa shape index (κ1) is 14.0. The monoisotopic (exact) mass is 237 g/mol. The van der Waals surface area contributed by atoms with Crippen molar-refractivity contribution >= 4 is 0 Å². The van der Waals surface area contributed by atoms with E-state index in [-0.39, 0.29) is 12.0 Å². The number of aliphatic hydroxyl groups is 1. The van der Waals surface area contributed by atoms with Crippen LogP contribution in [0.25, 0.3) is 0 Å². The SMILES string of the molecule is CCC(CN)(CO)Cc1cc(C)ccc1OC. The van der Waals surface area contributed by atoms with E-state index in [4.69, 9.17) is 10.5 Å². The van der Waals surface area contributed by atoms with Crippen LogP contribution < -0.4 is 10.5 Å². The maximum Gasteiger partial charge on any atom is 0.122 e. The van der Waals surface area contributed by atoms with Crippen LogP contribution in [0, 0.1) is 12.3 Å². The van der Waals surface area contributed by atoms with E-state index >= 15 is 0 Å². The number of methoxy groups -OCH3 is 1. The molecule has 0 aliphatic rings. The van der Waals surface area contributed by atoms with Crippen LogP contribution >= 0.6 is 0 Å². The molecule has 1 aromatic carbocycles. The lowest BCUT2D eigenvalue weighted by Crippen LogP contribution is -2.36. The van der Waals surface area contributed by atoms with Crippen LogP contribution in [-0.4, -0.2) is 25.4 Å². The quantitative estimate of drug-likeness (QED) is 0.794. The number of aryl methyl sites for hydroxylation is 1. The fraction of sp³-hybridized carbons (Fsp3) is 0.571. The number of benzene rings is 1. The van der Waals surface area contributed by atoms with Crippen molar-refractivity contribution in [1.29, 1.82) is 0 Å². The molecule has 0 amide bonds. The Bertz CT molecular complexity index is 351. The fourth-order valence-corrected chi connectivity index (χ4v) is 2.02. The lowest BCUT2D eigenvalue weighted by molar-refractivity contribution is 0.126. The minimum atomic E-state index is -0.235. The second-order valence-electron chi connectivity index (χ2n) is 4.71. The van der Waals surface area contributed by atoms with Gasteiger partial charge in [-0.3, -0.25) is 0 Å². The third kappa shape index (κ3) is 3.20. The van der Waals surface area contributed by atoms with Gasteiger partial charge in [0.2, 0.25) is 0 Å². The molecular formula is C14H23NO2. The molecule has 0 fully saturated rings. The summed E-state index contributed by atoms with van der Waals surface area (Å²) in [6.45, 7) is 4.71. The van der Waals surface area contributed by atoms with Crippen molar-refractivity contribution in [2.75, 3.05) is 20.3 Å². The Labute approximate surface area is 104 Å². The highest BCUT2D eigenvalue weighted by atomic mass is 16.5. The molecular weight excluding hydrogens is 214 g/mol. The number of ether oxygens (including phenoxy) is 1. The Balaban J connectivity index is 3.03. The van der Waals surface area contributed by atoms with Gasteiger partial charge in [0, 0.05) is 12.0 Å². The highest BCUT2D eigenvalue weighted by Crippen LogP contribution is 2.30. The first-order valence-electron chi connectivity index (χ1n) is 6.05. The van der Waals surface area contributed by atoms with Gasteiger partial charge in [-0.1, -0.05) is 24.6 Å². The summed E-state index contributed by atoms with van der Waals surface area (Å²) >= 11 is 0. The lowest BCUT2D eigenvalue weighted by Gasteiger charge is -2.29. The van der Waals surface area contributed by atoms with Crippen LogP contribution in [-0.2, 0) is 6.42 Å². The molecule has 0 aliphatic carbocycles. The van der Waals surface area contributed by atoms with Gasteiger partial charge >= 0.3 is 0 Å². The number of hydrogen-bond donors (Lipinski definition) is 2. The Morgan fingerprint density at radius 3 is 2.59 bits per heavy atom. The molecule has 0 radical (unpaired) electrons. The normalized spacial score (nSPS) is 14.4. The van der Waals surface area contributed by atoms with E-state index in [1.54, 1.807) is 7.11 Å². The van der Waals surface area contributed by atoms with Crippen molar-refractivity contribution in [2.24, 2.45) is 11.1 Å². The van der Waals surface area contributed by atoms with Gasteiger partial charge in [-0.2, -0.15) is 0 Å². The van der Waals surface area contributed by atoms with Crippen LogP contribution in [0.15, 0.2) is 18.2 Å². The van der Waals surface area contributed by atoms with E-state index in [1.807, 2.05) is 12.1 Å². The molecule has 1 aromatic rings. The molecule has 0 saturated carbocycles. The maximum absolute atomic E-state index is 9.55. The molecule has 0 aromatic heterocycles. The van der Waals surface area contributed by atoms with Gasteiger partial charge in [0.25, 0.3) is 0 Å². The molecule has 17 heavy (non-hydrogen) atoms. The van der Waals surface area contributed by atoms with Gasteiger partial charge < -0.3 is 15.6 Å². The zero-order chi connectivity index (χ0) is 12.9. The van der Waals surface area contributed by atoms with E-state index in [9.17, 15) is 5.11 Å². The Hall–Kier alpha value is -1.06. The summed E-state index contributed by atoms with van der Waals surface area (Å²) in [6, 6.07) is 6.10. The topological polar surface area (TPSA) is 55.5 Å². The number of nitrogens with two attached hydrogens (primary N) is 1. The minimum absolute atomic E-state index is 0.108. The largest absolute Gasteiger partial charge is 0.496 e. The smallest absolute Gasteiger partial charge is 0.122 e. The molecule has 1 atom stereocenters. The van der Waals surface area contributed by atoms with Crippen LogP contribution in [0.5, 0.6) is 5.75 Å². The Morgan fingerprint density at radius 1 is 1.41 bits per heavy atom. The lowest BCUT2D eigenvalue weighted by atomic mass is 9.79. The zero-order valence-electron chi connectivity index (χ0n) is 11.0. The molecule has 1 unspecified atom stereocenters. The molecule has 3 N–H and O–H groups in total. The Kier molecular flexibility index (Phi) is 4.97. The van der Waals surface area contributed by atoms with Crippen molar-refractivity contribution < 1.29 is 9.84 Å². The number of rotatable bonds is 6. The van der Waals surface area contributed by atoms with Crippen molar-refractivity contribution in [2.45, 2.75) is 26.7 Å². The summed E-state index contributed by atoms with van der Waals surface area (Å²) in [5, 5.41) is 9.55. The number of aliphatic hydroxyl groups excluding tert-OH is 1. The molecule has 3 nitrogen and oxygen atoms in total. The summed E-state index contributed by atoms with van der Waals surface area (Å²) in [6.07, 6.45) is 1.61. The van der Waals surface area contributed by atoms with Crippen LogP contribution in [0.3, 0.4) is 0 Å². The van der Waals surface area contributed by atoms with Gasteiger partial charge in [-0.05, 0) is 31.4 Å². The summed E-state index contributed by atoms with van der Waals surface area (Å²) in [7, 11) is 1.67. The molecule has 96 valence electrons. The van der Waals surface area contributed by atoms with E-state index < -0.39 is 0 Å². The first-order valence-corrected chi connectivity index (χ1v) is 6.05. The van der Waals surface area contributed by atoms with Crippen molar-refractivity contribution in [1.82, 2.24) is 0 Å². The molecule has 0 heterocycles. The highest BCUT2D eigenvalue weighted by Gasteiger charge is 2.27. The van der Waals surface area contributed by atoms with Crippen LogP contribution in [0.1, 0.15) is 24.5 Å². The van der Waals surface area contributed by atoms with Gasteiger partial charge in [0.1, 0.15) is 5.75 Å². The molecule has 0 spiro atoms. The average molecular weight is 237 g/mol. The predicted molar refractivity (Wildman–Crippen MR) is 70.3 cm³/mol. The minimum Gasteiger partial charge on any atom is -0.496 e. The summed E-state index contributed by atoms with van der Waals surface area (Å²) < 4.78 is 5.36. The van der Waals surface area contributed by atoms with E-state index in [0.717, 1.165) is 24.2 Å². The van der Waals surface area contributed by atoms with Crippen LogP contribution in [0.4, 0.5) is 0 Å². The third-order valence-electron chi connectivity index (χ3n) is 3.52. The second-order valence-corrected chi connectivity index (χ2v) is 4.71. The van der Waals surface area contributed by atoms with E-state index in [2.05, 4.69) is 19.9 Å². The van der Waals surface area contributed by atoms with E-state index in [0.29, 0.717) is 6.54 Å². The fourth-order valence-electron chi connectivity index (χ4n) is 2.02. The standard InChI is InChI=1S/C14H23NO2/c1-4-14(9-15,10-16)8-12-7-11(2)5-6-13(12)17-3/h5-7,16H,4,8-10,15H2,1-3H3. The summed E-state index contributed by atoms with van der Waals surface area (Å²) in [4.78, 5) is 0. The van der Waals surface area contributed by atoms with Gasteiger partial charge in [0.05, 0.1) is 13.7 Å². The molecule has 0 bridgehead atoms. The third-order valence-corrected chi connectivity index (χ3v) is 3.52. The van der Waals surface area contributed by atoms with Crippen LogP contribution in [0.2, 0.25) is 0 Å². The van der Waals surface area contributed by atoms with Crippen molar-refractivity contribution in [3.8, 4) is 5.75 Å². The predicted octanol–water partition coefficient (Wildman–Crippen LogP) is 1.89. The van der Waals surface area contributed by atoms with Gasteiger partial charge in [-0.25, -0.2) is 0 Å². The highest BCUT2D eigenvalue weighted by molar-refractivity contribution is 5.37. The summed E-state index contributed by atoms with van der Waals surface area (Å²) in [5.74, 6) is 0.871. The summed E-state index contributed by atoms with van der Waals surface area (Å²) in [5.41, 5.74) is 7.88. The van der Waals surface area contributed by atoms with Crippen molar-refractivity contribution in [3.05, 3.63) is 29.3 Å². The second kappa shape index (κ2) is 6.03. The molecule has 3 heteroatoms. The van der Waals surface area contributed by atoms with Gasteiger partial charge in [-0.15, -0.1) is 0 Å². The van der Waals surface area contributed by atoms with Gasteiger partial charge in [0.15, 0.2) is 0 Å². The molecule has 0 aliphatic heterocycles. The maximum atomic E-state index is 9.55. The molecule has 0 saturated heterocycles. The van der Waals surface area contributed by atoms with Crippen molar-refractivity contribution in [3.63, 3.8) is 0 Å². The number of hydrogen-bond acceptors (Lipinski definition) is 3. The average Bonchev–Trinajstić information content (AvgIpc) is 2.36.